The molecule has 4 rings (SSSR count). The summed E-state index contributed by atoms with van der Waals surface area (Å²) in [6.07, 6.45) is 6.14. The first-order chi connectivity index (χ1) is 15.1. The Labute approximate surface area is 186 Å². The van der Waals surface area contributed by atoms with Crippen molar-refractivity contribution in [3.05, 3.63) is 42.0 Å². The van der Waals surface area contributed by atoms with Crippen molar-refractivity contribution < 1.29 is 24.0 Å². The van der Waals surface area contributed by atoms with Gasteiger partial charge in [-0.25, -0.2) is 15.0 Å². The molecule has 0 saturated heterocycles. The van der Waals surface area contributed by atoms with E-state index in [1.807, 2.05) is 4.57 Å². The minimum Gasteiger partial charge on any atom is -0.364 e. The molecule has 32 heavy (non-hydrogen) atoms. The van der Waals surface area contributed by atoms with Crippen LogP contribution in [-0.2, 0) is 14.2 Å². The molecule has 0 aliphatic heterocycles. The third kappa shape index (κ3) is 4.09. The van der Waals surface area contributed by atoms with Crippen molar-refractivity contribution in [3.63, 3.8) is 0 Å². The summed E-state index contributed by atoms with van der Waals surface area (Å²) in [5.41, 5.74) is 1.78. The quantitative estimate of drug-likeness (QED) is 0.363. The van der Waals surface area contributed by atoms with Crippen LogP contribution >= 0.6 is 16.1 Å². The molecule has 1 aliphatic rings. The van der Waals surface area contributed by atoms with E-state index in [1.54, 1.807) is 6.33 Å². The number of anilines is 2. The molecule has 0 bridgehead atoms. The lowest BCUT2D eigenvalue weighted by molar-refractivity contribution is 0.168. The topological polar surface area (TPSA) is 150 Å². The zero-order valence-electron chi connectivity index (χ0n) is 17.7. The van der Waals surface area contributed by atoms with Crippen LogP contribution in [0.25, 0.3) is 11.2 Å². The average molecular weight is 477 g/mol. The van der Waals surface area contributed by atoms with E-state index in [0.717, 1.165) is 37.2 Å². The van der Waals surface area contributed by atoms with E-state index in [-0.39, 0.29) is 11.6 Å². The standard InChI is InChI=1S/C20H25N5O5P2/c1-12(2)25-11-21-16-18(23-17(24-19(16)25)13-5-3-4-6-13)22-15-9-7-14(8-10-15)20(26,31-27)32(28,29)30/h7-13,26H,3-6H2,1-2H3,(H,22,23,24)(H2,28,29,30). The first-order valence-electron chi connectivity index (χ1n) is 10.4. The number of nitrogens with one attached hydrogen (secondary N) is 1. The Morgan fingerprint density at radius 3 is 2.41 bits per heavy atom. The van der Waals surface area contributed by atoms with Crippen molar-refractivity contribution in [2.45, 2.75) is 56.6 Å². The van der Waals surface area contributed by atoms with Crippen LogP contribution in [0.2, 0.25) is 0 Å². The van der Waals surface area contributed by atoms with Crippen LogP contribution in [0, 0.1) is 0 Å². The monoisotopic (exact) mass is 477 g/mol. The van der Waals surface area contributed by atoms with Crippen LogP contribution in [0.3, 0.4) is 0 Å². The molecular weight excluding hydrogens is 452 g/mol. The Bertz CT molecular complexity index is 1190. The van der Waals surface area contributed by atoms with E-state index in [4.69, 9.17) is 9.97 Å². The van der Waals surface area contributed by atoms with Crippen LogP contribution < -0.4 is 5.32 Å². The van der Waals surface area contributed by atoms with E-state index < -0.39 is 21.1 Å². The Hall–Kier alpha value is -2.22. The largest absolute Gasteiger partial charge is 0.373 e. The van der Waals surface area contributed by atoms with Crippen molar-refractivity contribution in [2.75, 3.05) is 5.32 Å². The summed E-state index contributed by atoms with van der Waals surface area (Å²) in [5.74, 6) is 1.61. The van der Waals surface area contributed by atoms with Crippen LogP contribution in [0.5, 0.6) is 0 Å². The summed E-state index contributed by atoms with van der Waals surface area (Å²) in [6.45, 7) is 4.11. The molecule has 0 radical (unpaired) electrons. The van der Waals surface area contributed by atoms with Gasteiger partial charge in [0.1, 0.15) is 5.82 Å². The van der Waals surface area contributed by atoms with Gasteiger partial charge in [0.05, 0.1) is 6.33 Å². The number of rotatable bonds is 7. The van der Waals surface area contributed by atoms with Gasteiger partial charge in [-0.15, -0.1) is 0 Å². The molecule has 2 aromatic heterocycles. The highest BCUT2D eigenvalue weighted by molar-refractivity contribution is 7.62. The average Bonchev–Trinajstić information content (AvgIpc) is 3.43. The van der Waals surface area contributed by atoms with Gasteiger partial charge in [0.2, 0.25) is 8.46 Å². The zero-order chi connectivity index (χ0) is 23.1. The van der Waals surface area contributed by atoms with Crippen molar-refractivity contribution in [1.29, 1.82) is 0 Å². The van der Waals surface area contributed by atoms with Crippen molar-refractivity contribution in [1.82, 2.24) is 19.5 Å². The summed E-state index contributed by atoms with van der Waals surface area (Å²) < 4.78 is 24.9. The molecule has 4 N–H and O–H groups in total. The number of aromatic nitrogens is 4. The second kappa shape index (κ2) is 8.61. The smallest absolute Gasteiger partial charge is 0.364 e. The predicted octanol–water partition coefficient (Wildman–Crippen LogP) is 4.38. The minimum absolute atomic E-state index is 0.156. The van der Waals surface area contributed by atoms with Gasteiger partial charge in [0.25, 0.3) is 5.08 Å². The van der Waals surface area contributed by atoms with Gasteiger partial charge in [0, 0.05) is 23.2 Å². The van der Waals surface area contributed by atoms with Crippen molar-refractivity contribution >= 4 is 38.7 Å². The molecule has 1 aromatic carbocycles. The molecular formula is C20H25N5O5P2. The Morgan fingerprint density at radius 1 is 1.19 bits per heavy atom. The van der Waals surface area contributed by atoms with E-state index in [9.17, 15) is 24.0 Å². The molecule has 12 heteroatoms. The number of hydrogen-bond donors (Lipinski definition) is 4. The van der Waals surface area contributed by atoms with Gasteiger partial charge in [0.15, 0.2) is 17.0 Å². The van der Waals surface area contributed by atoms with Gasteiger partial charge in [-0.1, -0.05) is 25.0 Å². The first kappa shape index (κ1) is 23.0. The van der Waals surface area contributed by atoms with Crippen LogP contribution in [0.4, 0.5) is 11.5 Å². The lowest BCUT2D eigenvalue weighted by atomic mass is 10.1. The number of fused-ring (bicyclic) bond motifs is 1. The summed E-state index contributed by atoms with van der Waals surface area (Å²) in [4.78, 5) is 32.9. The van der Waals surface area contributed by atoms with Crippen molar-refractivity contribution in [2.24, 2.45) is 0 Å². The van der Waals surface area contributed by atoms with Gasteiger partial charge in [-0.2, -0.15) is 0 Å². The highest BCUT2D eigenvalue weighted by atomic mass is 31.2. The maximum absolute atomic E-state index is 11.6. The normalized spacial score (nSPS) is 17.3. The third-order valence-corrected chi connectivity index (χ3v) is 8.39. The molecule has 0 amide bonds. The fourth-order valence-corrected chi connectivity index (χ4v) is 5.12. The van der Waals surface area contributed by atoms with Crippen LogP contribution in [0.15, 0.2) is 30.6 Å². The van der Waals surface area contributed by atoms with Gasteiger partial charge < -0.3 is 24.8 Å². The summed E-state index contributed by atoms with van der Waals surface area (Å²) in [6, 6.07) is 5.87. The number of nitrogens with zero attached hydrogens (tertiary/aromatic N) is 4. The number of imidazole rings is 1. The highest BCUT2D eigenvalue weighted by Crippen LogP contribution is 2.61. The van der Waals surface area contributed by atoms with Crippen LogP contribution in [-0.4, -0.2) is 34.4 Å². The molecule has 1 unspecified atom stereocenters. The Balaban J connectivity index is 1.72. The fourth-order valence-electron chi connectivity index (χ4n) is 3.95. The SMILES string of the molecule is CC(C)n1cnc2c(Nc3ccc(C(O)(P=O)P(=O)(O)O)cc3)nc(C3CCCC3)nc21. The first-order valence-corrected chi connectivity index (χ1v) is 12.8. The van der Waals surface area contributed by atoms with Gasteiger partial charge in [-0.05, 0) is 38.8 Å². The molecule has 1 atom stereocenters. The second-order valence-electron chi connectivity index (χ2n) is 8.30. The van der Waals surface area contributed by atoms with E-state index in [2.05, 4.69) is 24.1 Å². The zero-order valence-corrected chi connectivity index (χ0v) is 19.5. The maximum Gasteiger partial charge on any atom is 0.373 e. The van der Waals surface area contributed by atoms with E-state index in [1.165, 1.54) is 24.3 Å². The molecule has 2 heterocycles. The predicted molar refractivity (Wildman–Crippen MR) is 120 cm³/mol. The fraction of sp³-hybridized carbons (Fsp3) is 0.450. The van der Waals surface area contributed by atoms with Gasteiger partial charge >= 0.3 is 7.60 Å². The number of hydrogen-bond acceptors (Lipinski definition) is 7. The van der Waals surface area contributed by atoms with E-state index >= 15 is 0 Å². The van der Waals surface area contributed by atoms with Gasteiger partial charge in [-0.3, -0.25) is 9.13 Å². The minimum atomic E-state index is -5.07. The summed E-state index contributed by atoms with van der Waals surface area (Å²) in [5, 5.41) is 10.6. The Kier molecular flexibility index (Phi) is 6.18. The summed E-state index contributed by atoms with van der Waals surface area (Å²) in [7, 11) is -6.16. The maximum atomic E-state index is 11.6. The summed E-state index contributed by atoms with van der Waals surface area (Å²) >= 11 is 0. The number of aliphatic hydroxyl groups is 1. The van der Waals surface area contributed by atoms with Crippen LogP contribution in [0.1, 0.15) is 62.9 Å². The molecule has 1 fully saturated rings. The molecule has 1 aliphatic carbocycles. The van der Waals surface area contributed by atoms with E-state index in [0.29, 0.717) is 22.9 Å². The highest BCUT2D eigenvalue weighted by Gasteiger charge is 2.48. The molecule has 0 spiro atoms. The molecule has 3 aromatic rings. The molecule has 170 valence electrons. The Morgan fingerprint density at radius 2 is 1.84 bits per heavy atom. The third-order valence-electron chi connectivity index (χ3n) is 5.78. The second-order valence-corrected chi connectivity index (χ2v) is 11.2. The number of benzene rings is 1. The lowest BCUT2D eigenvalue weighted by Crippen LogP contribution is -2.18. The molecule has 10 nitrogen and oxygen atoms in total. The molecule has 1 saturated carbocycles. The lowest BCUT2D eigenvalue weighted by Gasteiger charge is -2.22. The van der Waals surface area contributed by atoms with Crippen molar-refractivity contribution in [3.8, 4) is 0 Å².